The molecule has 2 aromatic rings. The van der Waals surface area contributed by atoms with Gasteiger partial charge in [-0.15, -0.1) is 0 Å². The number of nitrogens with one attached hydrogen (secondary N) is 1. The van der Waals surface area contributed by atoms with Gasteiger partial charge in [-0.2, -0.15) is 0 Å². The Morgan fingerprint density at radius 3 is 2.64 bits per heavy atom. The SMILES string of the molecule is COc1ccc(NC(N)=NCc2cc(C)ccn2)cc1OC. The quantitative estimate of drug-likeness (QED) is 0.654. The van der Waals surface area contributed by atoms with Gasteiger partial charge in [0.1, 0.15) is 0 Å². The van der Waals surface area contributed by atoms with Crippen LogP contribution in [-0.2, 0) is 6.54 Å². The second-order valence-corrected chi connectivity index (χ2v) is 4.72. The number of nitrogens with two attached hydrogens (primary N) is 1. The van der Waals surface area contributed by atoms with Crippen molar-refractivity contribution in [1.29, 1.82) is 0 Å². The minimum absolute atomic E-state index is 0.315. The molecule has 1 aromatic heterocycles. The zero-order valence-corrected chi connectivity index (χ0v) is 13.0. The molecule has 1 aromatic carbocycles. The Kier molecular flexibility index (Phi) is 5.19. The van der Waals surface area contributed by atoms with Crippen molar-refractivity contribution >= 4 is 11.6 Å². The number of nitrogens with zero attached hydrogens (tertiary/aromatic N) is 2. The maximum Gasteiger partial charge on any atom is 0.193 e. The molecule has 0 fully saturated rings. The van der Waals surface area contributed by atoms with Crippen LogP contribution < -0.4 is 20.5 Å². The van der Waals surface area contributed by atoms with E-state index in [1.165, 1.54) is 0 Å². The van der Waals surface area contributed by atoms with Crippen molar-refractivity contribution in [2.24, 2.45) is 10.7 Å². The molecule has 0 radical (unpaired) electrons. The van der Waals surface area contributed by atoms with Crippen LogP contribution in [0.4, 0.5) is 5.69 Å². The van der Waals surface area contributed by atoms with Crippen molar-refractivity contribution in [3.63, 3.8) is 0 Å². The molecule has 22 heavy (non-hydrogen) atoms. The van der Waals surface area contributed by atoms with E-state index in [1.807, 2.05) is 25.1 Å². The topological polar surface area (TPSA) is 81.8 Å². The van der Waals surface area contributed by atoms with Crippen molar-refractivity contribution < 1.29 is 9.47 Å². The molecule has 0 spiro atoms. The average Bonchev–Trinajstić information content (AvgIpc) is 2.53. The first-order valence-electron chi connectivity index (χ1n) is 6.83. The molecular weight excluding hydrogens is 280 g/mol. The van der Waals surface area contributed by atoms with Crippen molar-refractivity contribution in [3.8, 4) is 11.5 Å². The first kappa shape index (κ1) is 15.6. The Morgan fingerprint density at radius 1 is 1.18 bits per heavy atom. The highest BCUT2D eigenvalue weighted by Crippen LogP contribution is 2.29. The fourth-order valence-corrected chi connectivity index (χ4v) is 1.95. The van der Waals surface area contributed by atoms with Gasteiger partial charge in [-0.3, -0.25) is 4.98 Å². The summed E-state index contributed by atoms with van der Waals surface area (Å²) in [5.74, 6) is 1.60. The van der Waals surface area contributed by atoms with E-state index in [1.54, 1.807) is 32.5 Å². The average molecular weight is 300 g/mol. The standard InChI is InChI=1S/C16H20N4O2/c1-11-6-7-18-13(8-11)10-19-16(17)20-12-4-5-14(21-2)15(9-12)22-3/h4-9H,10H2,1-3H3,(H3,17,19,20). The van der Waals surface area contributed by atoms with Crippen molar-refractivity contribution in [1.82, 2.24) is 4.98 Å². The fourth-order valence-electron chi connectivity index (χ4n) is 1.95. The van der Waals surface area contributed by atoms with E-state index in [0.717, 1.165) is 16.9 Å². The number of guanidine groups is 1. The summed E-state index contributed by atoms with van der Waals surface area (Å²) in [6, 6.07) is 9.36. The van der Waals surface area contributed by atoms with Crippen LogP contribution in [0.3, 0.4) is 0 Å². The molecule has 6 nitrogen and oxygen atoms in total. The van der Waals surface area contributed by atoms with E-state index < -0.39 is 0 Å². The number of anilines is 1. The number of methoxy groups -OCH3 is 2. The first-order chi connectivity index (χ1) is 10.6. The van der Waals surface area contributed by atoms with E-state index in [-0.39, 0.29) is 0 Å². The summed E-state index contributed by atoms with van der Waals surface area (Å²) in [4.78, 5) is 8.52. The molecule has 0 aliphatic rings. The lowest BCUT2D eigenvalue weighted by atomic mass is 10.2. The summed E-state index contributed by atoms with van der Waals surface area (Å²) < 4.78 is 10.4. The molecule has 0 unspecified atom stereocenters. The zero-order chi connectivity index (χ0) is 15.9. The predicted molar refractivity (Wildman–Crippen MR) is 87.5 cm³/mol. The molecule has 0 aliphatic heterocycles. The van der Waals surface area contributed by atoms with Crippen molar-refractivity contribution in [2.75, 3.05) is 19.5 Å². The number of aliphatic imine (C=N–C) groups is 1. The number of pyridine rings is 1. The van der Waals surface area contributed by atoms with Crippen LogP contribution in [-0.4, -0.2) is 25.2 Å². The van der Waals surface area contributed by atoms with Crippen molar-refractivity contribution in [3.05, 3.63) is 47.8 Å². The molecule has 0 aliphatic carbocycles. The van der Waals surface area contributed by atoms with E-state index >= 15 is 0 Å². The molecule has 0 amide bonds. The van der Waals surface area contributed by atoms with Gasteiger partial charge in [0.25, 0.3) is 0 Å². The van der Waals surface area contributed by atoms with Gasteiger partial charge in [-0.05, 0) is 36.8 Å². The Labute approximate surface area is 130 Å². The molecule has 0 atom stereocenters. The summed E-state index contributed by atoms with van der Waals surface area (Å²) in [5, 5.41) is 3.02. The van der Waals surface area contributed by atoms with Gasteiger partial charge in [0.2, 0.25) is 0 Å². The molecule has 0 saturated carbocycles. The Morgan fingerprint density at radius 2 is 1.95 bits per heavy atom. The second kappa shape index (κ2) is 7.31. The third kappa shape index (κ3) is 4.12. The Hall–Kier alpha value is -2.76. The third-order valence-corrected chi connectivity index (χ3v) is 3.04. The number of aryl methyl sites for hydroxylation is 1. The summed E-state index contributed by atoms with van der Waals surface area (Å²) in [7, 11) is 3.18. The maximum atomic E-state index is 5.89. The smallest absolute Gasteiger partial charge is 0.193 e. The number of aromatic nitrogens is 1. The van der Waals surface area contributed by atoms with E-state index in [0.29, 0.717) is 24.0 Å². The number of hydrogen-bond donors (Lipinski definition) is 2. The molecule has 2 rings (SSSR count). The fraction of sp³-hybridized carbons (Fsp3) is 0.250. The van der Waals surface area contributed by atoms with Gasteiger partial charge in [0.15, 0.2) is 17.5 Å². The molecule has 0 bridgehead atoms. The van der Waals surface area contributed by atoms with Gasteiger partial charge in [-0.1, -0.05) is 0 Å². The zero-order valence-electron chi connectivity index (χ0n) is 13.0. The first-order valence-corrected chi connectivity index (χ1v) is 6.83. The van der Waals surface area contributed by atoms with Crippen LogP contribution in [0.15, 0.2) is 41.5 Å². The summed E-state index contributed by atoms with van der Waals surface area (Å²) in [6.45, 7) is 2.44. The molecule has 1 heterocycles. The minimum Gasteiger partial charge on any atom is -0.493 e. The minimum atomic E-state index is 0.315. The molecule has 116 valence electrons. The van der Waals surface area contributed by atoms with Crippen molar-refractivity contribution in [2.45, 2.75) is 13.5 Å². The van der Waals surface area contributed by atoms with Gasteiger partial charge >= 0.3 is 0 Å². The Balaban J connectivity index is 2.05. The van der Waals surface area contributed by atoms with Crippen LogP contribution in [0.2, 0.25) is 0 Å². The largest absolute Gasteiger partial charge is 0.493 e. The summed E-state index contributed by atoms with van der Waals surface area (Å²) >= 11 is 0. The lowest BCUT2D eigenvalue weighted by Crippen LogP contribution is -2.22. The Bertz CT molecular complexity index is 671. The third-order valence-electron chi connectivity index (χ3n) is 3.04. The van der Waals surface area contributed by atoms with Crippen LogP contribution in [0.25, 0.3) is 0 Å². The predicted octanol–water partition coefficient (Wildman–Crippen LogP) is 2.33. The highest BCUT2D eigenvalue weighted by Gasteiger charge is 2.05. The van der Waals surface area contributed by atoms with Crippen LogP contribution >= 0.6 is 0 Å². The van der Waals surface area contributed by atoms with Gasteiger partial charge in [0, 0.05) is 18.0 Å². The monoisotopic (exact) mass is 300 g/mol. The number of benzene rings is 1. The lowest BCUT2D eigenvalue weighted by Gasteiger charge is -2.10. The highest BCUT2D eigenvalue weighted by atomic mass is 16.5. The van der Waals surface area contributed by atoms with Gasteiger partial charge < -0.3 is 20.5 Å². The normalized spacial score (nSPS) is 11.1. The molecule has 3 N–H and O–H groups in total. The summed E-state index contributed by atoms with van der Waals surface area (Å²) in [6.07, 6.45) is 1.76. The molecular formula is C16H20N4O2. The highest BCUT2D eigenvalue weighted by molar-refractivity contribution is 5.92. The van der Waals surface area contributed by atoms with Crippen LogP contribution in [0.5, 0.6) is 11.5 Å². The van der Waals surface area contributed by atoms with E-state index in [2.05, 4.69) is 15.3 Å². The van der Waals surface area contributed by atoms with Gasteiger partial charge in [0.05, 0.1) is 26.5 Å². The van der Waals surface area contributed by atoms with Crippen LogP contribution in [0.1, 0.15) is 11.3 Å². The number of hydrogen-bond acceptors (Lipinski definition) is 4. The second-order valence-electron chi connectivity index (χ2n) is 4.72. The number of ether oxygens (including phenoxy) is 2. The molecule has 6 heteroatoms. The van der Waals surface area contributed by atoms with E-state index in [9.17, 15) is 0 Å². The van der Waals surface area contributed by atoms with Crippen LogP contribution in [0, 0.1) is 6.92 Å². The molecule has 0 saturated heterocycles. The maximum absolute atomic E-state index is 5.89. The van der Waals surface area contributed by atoms with E-state index in [4.69, 9.17) is 15.2 Å². The summed E-state index contributed by atoms with van der Waals surface area (Å²) in [5.41, 5.74) is 8.68. The van der Waals surface area contributed by atoms with Gasteiger partial charge in [-0.25, -0.2) is 4.99 Å². The lowest BCUT2D eigenvalue weighted by molar-refractivity contribution is 0.355. The number of rotatable bonds is 5.